The first kappa shape index (κ1) is 23.7. The molecule has 34 heavy (non-hydrogen) atoms. The lowest BCUT2D eigenvalue weighted by atomic mass is 10.1. The van der Waals surface area contributed by atoms with Gasteiger partial charge in [0.05, 0.1) is 21.3 Å². The normalized spacial score (nSPS) is 17.8. The highest BCUT2D eigenvalue weighted by Gasteiger charge is 2.41. The predicted octanol–water partition coefficient (Wildman–Crippen LogP) is 1.73. The van der Waals surface area contributed by atoms with E-state index in [-0.39, 0.29) is 5.88 Å². The van der Waals surface area contributed by atoms with Crippen molar-refractivity contribution in [3.05, 3.63) is 30.1 Å². The first-order valence-electron chi connectivity index (χ1n) is 10.5. The van der Waals surface area contributed by atoms with Crippen LogP contribution in [0, 0.1) is 0 Å². The maximum atomic E-state index is 12.9. The number of hydrogen-bond donors (Lipinski definition) is 1. The molecule has 1 aromatic heterocycles. The van der Waals surface area contributed by atoms with Gasteiger partial charge in [0.1, 0.15) is 28.5 Å². The summed E-state index contributed by atoms with van der Waals surface area (Å²) in [4.78, 5) is 38.1. The molecule has 1 saturated heterocycles. The number of rotatable bonds is 6. The molecule has 3 heterocycles. The second-order valence-electron chi connectivity index (χ2n) is 7.54. The van der Waals surface area contributed by atoms with Gasteiger partial charge in [0, 0.05) is 38.8 Å². The predicted molar refractivity (Wildman–Crippen MR) is 123 cm³/mol. The molecule has 0 radical (unpaired) electrons. The molecule has 2 N–H and O–H groups in total. The Balaban J connectivity index is 1.36. The summed E-state index contributed by atoms with van der Waals surface area (Å²) in [5.41, 5.74) is 5.90. The molecule has 1 aromatic carbocycles. The van der Waals surface area contributed by atoms with Gasteiger partial charge < -0.3 is 29.6 Å². The Morgan fingerprint density at radius 3 is 2.29 bits per heavy atom. The average molecular weight is 491 g/mol. The van der Waals surface area contributed by atoms with Crippen LogP contribution in [0.2, 0.25) is 0 Å². The molecule has 1 fully saturated rings. The van der Waals surface area contributed by atoms with Crippen molar-refractivity contribution in [3.8, 4) is 17.4 Å². The van der Waals surface area contributed by atoms with E-state index in [0.29, 0.717) is 43.4 Å². The summed E-state index contributed by atoms with van der Waals surface area (Å²) in [6.45, 7) is 2.96. The van der Waals surface area contributed by atoms with Crippen molar-refractivity contribution in [1.82, 2.24) is 19.8 Å². The molecule has 0 bridgehead atoms. The zero-order chi connectivity index (χ0) is 24.2. The number of aromatic nitrogens is 2. The highest BCUT2D eigenvalue weighted by molar-refractivity contribution is 8.00. The molecule has 12 nitrogen and oxygen atoms in total. The lowest BCUT2D eigenvalue weighted by molar-refractivity contribution is 0.0690. The molecule has 2 aliphatic heterocycles. The zero-order valence-corrected chi connectivity index (χ0v) is 19.9. The van der Waals surface area contributed by atoms with E-state index in [9.17, 15) is 9.59 Å². The van der Waals surface area contributed by atoms with Crippen LogP contribution in [-0.2, 0) is 11.3 Å². The number of piperazine rings is 1. The Morgan fingerprint density at radius 1 is 1.03 bits per heavy atom. The maximum absolute atomic E-state index is 12.9. The smallest absolute Gasteiger partial charge is 0.412 e. The molecule has 0 aliphatic carbocycles. The number of fused-ring (bicyclic) bond motifs is 1. The maximum Gasteiger partial charge on any atom is 0.412 e. The fourth-order valence-corrected chi connectivity index (χ4v) is 4.84. The highest BCUT2D eigenvalue weighted by atomic mass is 32.2. The van der Waals surface area contributed by atoms with Crippen molar-refractivity contribution in [1.29, 1.82) is 0 Å². The SMILES string of the molecule is COc1cc(CN2CCN(C(=O)OC3Sc4ncnc(OC)c4N3C(N)=O)CC2)cc(OC)c1. The molecule has 4 rings (SSSR count). The van der Waals surface area contributed by atoms with E-state index < -0.39 is 17.7 Å². The van der Waals surface area contributed by atoms with Crippen LogP contribution in [0.1, 0.15) is 5.56 Å². The third kappa shape index (κ3) is 4.89. The molecule has 1 atom stereocenters. The Labute approximate surface area is 200 Å². The highest BCUT2D eigenvalue weighted by Crippen LogP contribution is 2.46. The molecule has 182 valence electrons. The van der Waals surface area contributed by atoms with E-state index >= 15 is 0 Å². The van der Waals surface area contributed by atoms with Gasteiger partial charge in [-0.25, -0.2) is 19.5 Å². The van der Waals surface area contributed by atoms with Gasteiger partial charge in [0.25, 0.3) is 0 Å². The van der Waals surface area contributed by atoms with Gasteiger partial charge in [-0.1, -0.05) is 0 Å². The number of carbonyl (C=O) groups excluding carboxylic acids is 2. The number of anilines is 1. The van der Waals surface area contributed by atoms with Crippen LogP contribution in [0.15, 0.2) is 29.6 Å². The minimum atomic E-state index is -0.993. The van der Waals surface area contributed by atoms with Crippen LogP contribution in [-0.4, -0.2) is 85.0 Å². The van der Waals surface area contributed by atoms with E-state index in [4.69, 9.17) is 24.7 Å². The average Bonchev–Trinajstić information content (AvgIpc) is 3.22. The van der Waals surface area contributed by atoms with Crippen LogP contribution in [0.4, 0.5) is 15.3 Å². The monoisotopic (exact) mass is 490 g/mol. The molecule has 13 heteroatoms. The first-order valence-corrected chi connectivity index (χ1v) is 11.4. The van der Waals surface area contributed by atoms with Gasteiger partial charge in [-0.05, 0) is 29.5 Å². The van der Waals surface area contributed by atoms with Crippen molar-refractivity contribution >= 4 is 29.6 Å². The second-order valence-corrected chi connectivity index (χ2v) is 8.56. The largest absolute Gasteiger partial charge is 0.497 e. The number of urea groups is 1. The molecule has 0 spiro atoms. The number of hydrogen-bond acceptors (Lipinski definition) is 10. The molecule has 2 aliphatic rings. The van der Waals surface area contributed by atoms with Crippen molar-refractivity contribution in [2.24, 2.45) is 5.73 Å². The lowest BCUT2D eigenvalue weighted by Crippen LogP contribution is -2.50. The summed E-state index contributed by atoms with van der Waals surface area (Å²) in [6.07, 6.45) is 0.775. The second kappa shape index (κ2) is 10.2. The van der Waals surface area contributed by atoms with Crippen molar-refractivity contribution < 1.29 is 28.5 Å². The standard InChI is InChI=1S/C21H26N6O6S/c1-30-14-8-13(9-15(10-14)31-2)11-25-4-6-26(7-5-25)20(29)33-21-27(19(22)28)16-17(32-3)23-12-24-18(16)34-21/h8-10,12,21H,4-7,11H2,1-3H3,(H2,22,28). The number of nitrogens with zero attached hydrogens (tertiary/aromatic N) is 5. The molecule has 3 amide bonds. The Hall–Kier alpha value is -3.45. The summed E-state index contributed by atoms with van der Waals surface area (Å²) in [5.74, 6) is 1.64. The minimum absolute atomic E-state index is 0.178. The fourth-order valence-electron chi connectivity index (χ4n) is 3.80. The zero-order valence-electron chi connectivity index (χ0n) is 19.1. The van der Waals surface area contributed by atoms with Crippen molar-refractivity contribution in [2.75, 3.05) is 52.4 Å². The quantitative estimate of drug-likeness (QED) is 0.597. The van der Waals surface area contributed by atoms with Gasteiger partial charge in [0.2, 0.25) is 11.4 Å². The van der Waals surface area contributed by atoms with Gasteiger partial charge >= 0.3 is 12.1 Å². The van der Waals surface area contributed by atoms with Crippen LogP contribution < -0.4 is 24.8 Å². The van der Waals surface area contributed by atoms with E-state index in [1.807, 2.05) is 18.2 Å². The third-order valence-corrected chi connectivity index (χ3v) is 6.53. The number of primary amides is 1. The van der Waals surface area contributed by atoms with Gasteiger partial charge in [-0.2, -0.15) is 4.98 Å². The molecule has 0 saturated carbocycles. The molecule has 2 aromatic rings. The van der Waals surface area contributed by atoms with Crippen LogP contribution >= 0.6 is 11.8 Å². The lowest BCUT2D eigenvalue weighted by Gasteiger charge is -2.35. The van der Waals surface area contributed by atoms with Gasteiger partial charge in [-0.15, -0.1) is 0 Å². The number of benzene rings is 1. The summed E-state index contributed by atoms with van der Waals surface area (Å²) < 4.78 is 21.5. The summed E-state index contributed by atoms with van der Waals surface area (Å²) in [5, 5.41) is 0.446. The number of methoxy groups -OCH3 is 3. The number of amides is 3. The van der Waals surface area contributed by atoms with E-state index in [1.165, 1.54) is 13.4 Å². The van der Waals surface area contributed by atoms with Crippen LogP contribution in [0.3, 0.4) is 0 Å². The summed E-state index contributed by atoms with van der Waals surface area (Å²) in [7, 11) is 4.66. The third-order valence-electron chi connectivity index (χ3n) is 5.50. The Bertz CT molecular complexity index is 1040. The minimum Gasteiger partial charge on any atom is -0.497 e. The fraction of sp³-hybridized carbons (Fsp3) is 0.429. The summed E-state index contributed by atoms with van der Waals surface area (Å²) >= 11 is 1.09. The number of thioether (sulfide) groups is 1. The van der Waals surface area contributed by atoms with Crippen LogP contribution in [0.5, 0.6) is 17.4 Å². The first-order chi connectivity index (χ1) is 16.4. The molecule has 1 unspecified atom stereocenters. The van der Waals surface area contributed by atoms with Crippen molar-refractivity contribution in [3.63, 3.8) is 0 Å². The molecular weight excluding hydrogens is 464 g/mol. The van der Waals surface area contributed by atoms with Gasteiger partial charge in [-0.3, -0.25) is 4.90 Å². The number of carbonyl (C=O) groups is 2. The molecular formula is C21H26N6O6S. The number of nitrogens with two attached hydrogens (primary N) is 1. The number of ether oxygens (including phenoxy) is 4. The van der Waals surface area contributed by atoms with Crippen LogP contribution in [0.25, 0.3) is 0 Å². The van der Waals surface area contributed by atoms with E-state index in [1.54, 1.807) is 19.1 Å². The Morgan fingerprint density at radius 2 is 1.71 bits per heavy atom. The van der Waals surface area contributed by atoms with E-state index in [0.717, 1.165) is 33.7 Å². The topological polar surface area (TPSA) is 133 Å². The summed E-state index contributed by atoms with van der Waals surface area (Å²) in [6, 6.07) is 4.96. The van der Waals surface area contributed by atoms with Gasteiger partial charge in [0.15, 0.2) is 0 Å². The Kier molecular flexibility index (Phi) is 7.12. The van der Waals surface area contributed by atoms with Crippen molar-refractivity contribution in [2.45, 2.75) is 17.1 Å². The van der Waals surface area contributed by atoms with E-state index in [2.05, 4.69) is 14.9 Å².